The Kier molecular flexibility index (Phi) is 5.39. The molecule has 3 aromatic rings. The lowest BCUT2D eigenvalue weighted by molar-refractivity contribution is -0.117. The molecule has 4 nitrogen and oxygen atoms in total. The standard InChI is InChI=1S/C21H21Cl2N3O/c22-15-5-6-20(18(23)11-15)25-21(27)13-26-9-7-14(8-10-26)17-12-24-19-4-2-1-3-16(17)19/h1-6,11-12,14,24H,7-10,13H2,(H,25,27). The maximum absolute atomic E-state index is 12.4. The number of para-hydroxylation sites is 1. The van der Waals surface area contributed by atoms with Gasteiger partial charge in [0.05, 0.1) is 17.3 Å². The lowest BCUT2D eigenvalue weighted by Gasteiger charge is -2.31. The molecule has 0 aliphatic carbocycles. The molecule has 140 valence electrons. The molecule has 1 aliphatic heterocycles. The van der Waals surface area contributed by atoms with Crippen LogP contribution in [0.2, 0.25) is 10.0 Å². The number of hydrogen-bond acceptors (Lipinski definition) is 2. The SMILES string of the molecule is O=C(CN1CCC(c2c[nH]c3ccccc23)CC1)Nc1ccc(Cl)cc1Cl. The van der Waals surface area contributed by atoms with E-state index in [2.05, 4.69) is 45.7 Å². The normalized spacial score (nSPS) is 15.9. The number of anilines is 1. The molecule has 1 aromatic heterocycles. The number of nitrogens with zero attached hydrogens (tertiary/aromatic N) is 1. The summed E-state index contributed by atoms with van der Waals surface area (Å²) in [6.45, 7) is 2.19. The third-order valence-electron chi connectivity index (χ3n) is 5.22. The van der Waals surface area contributed by atoms with Crippen molar-refractivity contribution in [3.8, 4) is 0 Å². The van der Waals surface area contributed by atoms with Crippen LogP contribution in [-0.4, -0.2) is 35.4 Å². The van der Waals surface area contributed by atoms with Crippen LogP contribution in [0, 0.1) is 0 Å². The van der Waals surface area contributed by atoms with Crippen LogP contribution in [0.3, 0.4) is 0 Å². The summed E-state index contributed by atoms with van der Waals surface area (Å²) >= 11 is 12.0. The van der Waals surface area contributed by atoms with E-state index in [4.69, 9.17) is 23.2 Å². The smallest absolute Gasteiger partial charge is 0.238 e. The fourth-order valence-corrected chi connectivity index (χ4v) is 4.27. The number of H-pyrrole nitrogens is 1. The van der Waals surface area contributed by atoms with Crippen LogP contribution >= 0.6 is 23.2 Å². The molecule has 0 atom stereocenters. The molecule has 6 heteroatoms. The Morgan fingerprint density at radius 1 is 1.15 bits per heavy atom. The molecule has 1 amide bonds. The van der Waals surface area contributed by atoms with Gasteiger partial charge >= 0.3 is 0 Å². The van der Waals surface area contributed by atoms with E-state index in [0.717, 1.165) is 25.9 Å². The second-order valence-corrected chi connectivity index (χ2v) is 7.86. The van der Waals surface area contributed by atoms with E-state index in [9.17, 15) is 4.79 Å². The monoisotopic (exact) mass is 401 g/mol. The predicted octanol–water partition coefficient (Wildman–Crippen LogP) is 5.29. The van der Waals surface area contributed by atoms with Gasteiger partial charge in [-0.05, 0) is 61.7 Å². The predicted molar refractivity (Wildman–Crippen MR) is 112 cm³/mol. The van der Waals surface area contributed by atoms with Crippen molar-refractivity contribution in [2.45, 2.75) is 18.8 Å². The molecule has 1 fully saturated rings. The van der Waals surface area contributed by atoms with Gasteiger partial charge in [0.25, 0.3) is 0 Å². The number of aromatic nitrogens is 1. The van der Waals surface area contributed by atoms with Gasteiger partial charge in [0.1, 0.15) is 0 Å². The molecule has 0 bridgehead atoms. The van der Waals surface area contributed by atoms with E-state index in [1.54, 1.807) is 18.2 Å². The summed E-state index contributed by atoms with van der Waals surface area (Å²) in [5.74, 6) is 0.482. The van der Waals surface area contributed by atoms with Crippen molar-refractivity contribution in [1.82, 2.24) is 9.88 Å². The Morgan fingerprint density at radius 2 is 1.93 bits per heavy atom. The molecular weight excluding hydrogens is 381 g/mol. The summed E-state index contributed by atoms with van der Waals surface area (Å²) in [7, 11) is 0. The third kappa shape index (κ3) is 4.13. The zero-order chi connectivity index (χ0) is 18.8. The summed E-state index contributed by atoms with van der Waals surface area (Å²) in [6.07, 6.45) is 4.24. The highest BCUT2D eigenvalue weighted by Crippen LogP contribution is 2.33. The number of hydrogen-bond donors (Lipinski definition) is 2. The van der Waals surface area contributed by atoms with Crippen LogP contribution < -0.4 is 5.32 Å². The first-order valence-electron chi connectivity index (χ1n) is 9.13. The highest BCUT2D eigenvalue weighted by Gasteiger charge is 2.24. The Labute approximate surface area is 168 Å². The lowest BCUT2D eigenvalue weighted by atomic mass is 9.89. The van der Waals surface area contributed by atoms with Crippen LogP contribution in [-0.2, 0) is 4.79 Å². The molecule has 1 aliphatic rings. The third-order valence-corrected chi connectivity index (χ3v) is 5.77. The van der Waals surface area contributed by atoms with Crippen molar-refractivity contribution in [3.05, 3.63) is 64.3 Å². The first-order valence-corrected chi connectivity index (χ1v) is 9.89. The number of carbonyl (C=O) groups excluding carboxylic acids is 1. The van der Waals surface area contributed by atoms with Crippen molar-refractivity contribution in [2.24, 2.45) is 0 Å². The van der Waals surface area contributed by atoms with Crippen molar-refractivity contribution in [2.75, 3.05) is 25.0 Å². The van der Waals surface area contributed by atoms with E-state index in [-0.39, 0.29) is 5.91 Å². The molecular formula is C21H21Cl2N3O. The zero-order valence-corrected chi connectivity index (χ0v) is 16.4. The second-order valence-electron chi connectivity index (χ2n) is 7.01. The Balaban J connectivity index is 1.33. The molecule has 27 heavy (non-hydrogen) atoms. The van der Waals surface area contributed by atoms with E-state index in [1.807, 2.05) is 0 Å². The van der Waals surface area contributed by atoms with Gasteiger partial charge in [0.2, 0.25) is 5.91 Å². The summed E-state index contributed by atoms with van der Waals surface area (Å²) in [5.41, 5.74) is 3.18. The van der Waals surface area contributed by atoms with Gasteiger partial charge in [-0.25, -0.2) is 0 Å². The summed E-state index contributed by atoms with van der Waals surface area (Å²) in [4.78, 5) is 17.9. The fourth-order valence-electron chi connectivity index (χ4n) is 3.82. The van der Waals surface area contributed by atoms with Crippen molar-refractivity contribution >= 4 is 45.7 Å². The van der Waals surface area contributed by atoms with Crippen LogP contribution in [0.4, 0.5) is 5.69 Å². The van der Waals surface area contributed by atoms with E-state index in [1.165, 1.54) is 16.5 Å². The first-order chi connectivity index (χ1) is 13.1. The van der Waals surface area contributed by atoms with E-state index < -0.39 is 0 Å². The molecule has 4 rings (SSSR count). The summed E-state index contributed by atoms with van der Waals surface area (Å²) in [5, 5.41) is 5.19. The number of aromatic amines is 1. The van der Waals surface area contributed by atoms with Gasteiger partial charge in [-0.2, -0.15) is 0 Å². The molecule has 2 aromatic carbocycles. The van der Waals surface area contributed by atoms with Gasteiger partial charge in [-0.3, -0.25) is 9.69 Å². The number of fused-ring (bicyclic) bond motifs is 1. The number of carbonyl (C=O) groups is 1. The minimum Gasteiger partial charge on any atom is -0.361 e. The maximum Gasteiger partial charge on any atom is 0.238 e. The molecule has 0 spiro atoms. The van der Waals surface area contributed by atoms with Crippen LogP contribution in [0.1, 0.15) is 24.3 Å². The Hall–Kier alpha value is -2.01. The van der Waals surface area contributed by atoms with E-state index >= 15 is 0 Å². The van der Waals surface area contributed by atoms with Gasteiger partial charge < -0.3 is 10.3 Å². The molecule has 0 unspecified atom stereocenters. The Bertz CT molecular complexity index is 961. The number of nitrogens with one attached hydrogen (secondary N) is 2. The van der Waals surface area contributed by atoms with Crippen LogP contribution in [0.5, 0.6) is 0 Å². The van der Waals surface area contributed by atoms with Crippen LogP contribution in [0.25, 0.3) is 10.9 Å². The quantitative estimate of drug-likeness (QED) is 0.623. The zero-order valence-electron chi connectivity index (χ0n) is 14.8. The van der Waals surface area contributed by atoms with Crippen molar-refractivity contribution < 1.29 is 4.79 Å². The number of rotatable bonds is 4. The highest BCUT2D eigenvalue weighted by atomic mass is 35.5. The minimum absolute atomic E-state index is 0.0511. The van der Waals surface area contributed by atoms with Gasteiger partial charge in [-0.15, -0.1) is 0 Å². The van der Waals surface area contributed by atoms with E-state index in [0.29, 0.717) is 28.2 Å². The molecule has 2 N–H and O–H groups in total. The van der Waals surface area contributed by atoms with Gasteiger partial charge in [0, 0.05) is 22.1 Å². The van der Waals surface area contributed by atoms with Gasteiger partial charge in [0.15, 0.2) is 0 Å². The first kappa shape index (κ1) is 18.4. The fraction of sp³-hybridized carbons (Fsp3) is 0.286. The van der Waals surface area contributed by atoms with Gasteiger partial charge in [-0.1, -0.05) is 41.4 Å². The maximum atomic E-state index is 12.4. The summed E-state index contributed by atoms with van der Waals surface area (Å²) < 4.78 is 0. The molecule has 1 saturated heterocycles. The van der Waals surface area contributed by atoms with Crippen molar-refractivity contribution in [3.63, 3.8) is 0 Å². The van der Waals surface area contributed by atoms with Crippen LogP contribution in [0.15, 0.2) is 48.7 Å². The average Bonchev–Trinajstić information content (AvgIpc) is 3.09. The average molecular weight is 402 g/mol. The Morgan fingerprint density at radius 3 is 2.70 bits per heavy atom. The number of benzene rings is 2. The lowest BCUT2D eigenvalue weighted by Crippen LogP contribution is -2.38. The molecule has 0 saturated carbocycles. The number of halogens is 2. The minimum atomic E-state index is -0.0511. The number of piperidine rings is 1. The largest absolute Gasteiger partial charge is 0.361 e. The molecule has 2 heterocycles. The van der Waals surface area contributed by atoms with Crippen molar-refractivity contribution in [1.29, 1.82) is 0 Å². The second kappa shape index (κ2) is 7.93. The highest BCUT2D eigenvalue weighted by molar-refractivity contribution is 6.36. The number of likely N-dealkylation sites (tertiary alicyclic amines) is 1. The summed E-state index contributed by atoms with van der Waals surface area (Å²) in [6, 6.07) is 13.5. The topological polar surface area (TPSA) is 48.1 Å². The molecule has 0 radical (unpaired) electrons. The number of amides is 1.